The van der Waals surface area contributed by atoms with Crippen LogP contribution in [0.5, 0.6) is 0 Å². The molecule has 1 aliphatic rings. The second kappa shape index (κ2) is 4.58. The monoisotopic (exact) mass is 204 g/mol. The van der Waals surface area contributed by atoms with Gasteiger partial charge in [0.25, 0.3) is 0 Å². The van der Waals surface area contributed by atoms with Gasteiger partial charge in [-0.05, 0) is 24.8 Å². The molecule has 0 spiro atoms. The summed E-state index contributed by atoms with van der Waals surface area (Å²) in [6, 6.07) is 7.78. The summed E-state index contributed by atoms with van der Waals surface area (Å²) in [5.74, 6) is 0.681. The molecule has 0 bridgehead atoms. The van der Waals surface area contributed by atoms with E-state index in [1.54, 1.807) is 0 Å². The van der Waals surface area contributed by atoms with Gasteiger partial charge in [-0.2, -0.15) is 0 Å². The van der Waals surface area contributed by atoms with Crippen molar-refractivity contribution in [3.05, 3.63) is 35.4 Å². The predicted molar refractivity (Wildman–Crippen MR) is 59.1 cm³/mol. The highest BCUT2D eigenvalue weighted by molar-refractivity contribution is 5.97. The van der Waals surface area contributed by atoms with Crippen LogP contribution >= 0.6 is 0 Å². The van der Waals surface area contributed by atoms with Crippen molar-refractivity contribution < 1.29 is 9.53 Å². The van der Waals surface area contributed by atoms with Gasteiger partial charge in [0, 0.05) is 25.2 Å². The summed E-state index contributed by atoms with van der Waals surface area (Å²) in [5.41, 5.74) is 1.94. The van der Waals surface area contributed by atoms with Crippen molar-refractivity contribution in [3.63, 3.8) is 0 Å². The maximum absolute atomic E-state index is 12.0. The Hall–Kier alpha value is -1.15. The first kappa shape index (κ1) is 10.4. The predicted octanol–water partition coefficient (Wildman–Crippen LogP) is 2.60. The molecule has 0 amide bonds. The molecule has 1 aliphatic heterocycles. The molecule has 0 aliphatic carbocycles. The summed E-state index contributed by atoms with van der Waals surface area (Å²) in [6.45, 7) is 3.54. The zero-order valence-corrected chi connectivity index (χ0v) is 9.03. The molecule has 0 radical (unpaired) electrons. The van der Waals surface area contributed by atoms with Crippen LogP contribution in [-0.4, -0.2) is 19.0 Å². The molecular formula is C13H16O2. The summed E-state index contributed by atoms with van der Waals surface area (Å²) in [4.78, 5) is 12.0. The van der Waals surface area contributed by atoms with Crippen molar-refractivity contribution in [2.45, 2.75) is 19.8 Å². The number of rotatable bonds is 3. The highest BCUT2D eigenvalue weighted by Gasteiger charge is 2.20. The summed E-state index contributed by atoms with van der Waals surface area (Å²) in [7, 11) is 0. The third-order valence-corrected chi connectivity index (χ3v) is 2.94. The Labute approximate surface area is 90.3 Å². The number of Topliss-reactive ketones (excluding diaryl/α,β-unsaturated/α-hetero) is 1. The molecule has 1 unspecified atom stereocenters. The first-order valence-electron chi connectivity index (χ1n) is 5.44. The van der Waals surface area contributed by atoms with Gasteiger partial charge in [0.05, 0.1) is 0 Å². The van der Waals surface area contributed by atoms with Crippen LogP contribution in [0.4, 0.5) is 0 Å². The maximum Gasteiger partial charge on any atom is 0.163 e. The number of hydrogen-bond acceptors (Lipinski definition) is 2. The van der Waals surface area contributed by atoms with Crippen molar-refractivity contribution in [1.29, 1.82) is 0 Å². The third kappa shape index (κ3) is 2.45. The van der Waals surface area contributed by atoms with Crippen LogP contribution in [0, 0.1) is 12.8 Å². The molecule has 2 rings (SSSR count). The Kier molecular flexibility index (Phi) is 3.17. The molecule has 1 saturated heterocycles. The van der Waals surface area contributed by atoms with Crippen LogP contribution in [0.15, 0.2) is 24.3 Å². The van der Waals surface area contributed by atoms with Crippen LogP contribution in [0.1, 0.15) is 28.8 Å². The highest BCUT2D eigenvalue weighted by atomic mass is 16.5. The molecule has 0 N–H and O–H groups in total. The minimum absolute atomic E-state index is 0.253. The van der Waals surface area contributed by atoms with E-state index >= 15 is 0 Å². The molecule has 0 aromatic heterocycles. The van der Waals surface area contributed by atoms with E-state index < -0.39 is 0 Å². The van der Waals surface area contributed by atoms with Crippen LogP contribution in [0.2, 0.25) is 0 Å². The Morgan fingerprint density at radius 2 is 2.27 bits per heavy atom. The molecule has 1 aromatic carbocycles. The zero-order chi connectivity index (χ0) is 10.7. The fourth-order valence-corrected chi connectivity index (χ4v) is 2.00. The molecule has 80 valence electrons. The summed E-state index contributed by atoms with van der Waals surface area (Å²) in [5, 5.41) is 0. The van der Waals surface area contributed by atoms with Crippen LogP contribution in [0.3, 0.4) is 0 Å². The minimum Gasteiger partial charge on any atom is -0.381 e. The number of hydrogen-bond donors (Lipinski definition) is 0. The molecule has 1 aromatic rings. The van der Waals surface area contributed by atoms with Gasteiger partial charge in [0.15, 0.2) is 5.78 Å². The lowest BCUT2D eigenvalue weighted by molar-refractivity contribution is 0.0952. The number of benzene rings is 1. The smallest absolute Gasteiger partial charge is 0.163 e. The average molecular weight is 204 g/mol. The quantitative estimate of drug-likeness (QED) is 0.707. The first-order chi connectivity index (χ1) is 7.27. The molecule has 1 fully saturated rings. The van der Waals surface area contributed by atoms with E-state index in [9.17, 15) is 4.79 Å². The number of carbonyl (C=O) groups is 1. The van der Waals surface area contributed by atoms with Gasteiger partial charge in [-0.1, -0.05) is 24.3 Å². The Morgan fingerprint density at radius 3 is 2.93 bits per heavy atom. The fraction of sp³-hybridized carbons (Fsp3) is 0.462. The van der Waals surface area contributed by atoms with E-state index in [0.717, 1.165) is 30.8 Å². The fourth-order valence-electron chi connectivity index (χ4n) is 2.00. The Bertz CT molecular complexity index is 351. The van der Waals surface area contributed by atoms with Gasteiger partial charge in [-0.25, -0.2) is 0 Å². The Balaban J connectivity index is 2.04. The third-order valence-electron chi connectivity index (χ3n) is 2.94. The average Bonchev–Trinajstić information content (AvgIpc) is 2.71. The molecule has 15 heavy (non-hydrogen) atoms. The SMILES string of the molecule is Cc1ccccc1C(=O)CC1CCOC1. The topological polar surface area (TPSA) is 26.3 Å². The summed E-state index contributed by atoms with van der Waals surface area (Å²) >= 11 is 0. The van der Waals surface area contributed by atoms with Crippen molar-refractivity contribution in [2.75, 3.05) is 13.2 Å². The van der Waals surface area contributed by atoms with E-state index in [1.807, 2.05) is 31.2 Å². The maximum atomic E-state index is 12.0. The van der Waals surface area contributed by atoms with Gasteiger partial charge >= 0.3 is 0 Å². The zero-order valence-electron chi connectivity index (χ0n) is 9.03. The first-order valence-corrected chi connectivity index (χ1v) is 5.44. The second-order valence-corrected chi connectivity index (χ2v) is 4.17. The minimum atomic E-state index is 0.253. The van der Waals surface area contributed by atoms with Crippen LogP contribution < -0.4 is 0 Å². The molecule has 1 heterocycles. The van der Waals surface area contributed by atoms with E-state index in [0.29, 0.717) is 12.3 Å². The van der Waals surface area contributed by atoms with Gasteiger partial charge in [-0.15, -0.1) is 0 Å². The van der Waals surface area contributed by atoms with Crippen molar-refractivity contribution in [2.24, 2.45) is 5.92 Å². The second-order valence-electron chi connectivity index (χ2n) is 4.17. The largest absolute Gasteiger partial charge is 0.381 e. The molecule has 2 nitrogen and oxygen atoms in total. The molecule has 0 saturated carbocycles. The summed E-state index contributed by atoms with van der Waals surface area (Å²) < 4.78 is 5.27. The lowest BCUT2D eigenvalue weighted by atomic mass is 9.95. The number of ketones is 1. The van der Waals surface area contributed by atoms with Gasteiger partial charge in [0.1, 0.15) is 0 Å². The lowest BCUT2D eigenvalue weighted by Gasteiger charge is -2.08. The lowest BCUT2D eigenvalue weighted by Crippen LogP contribution is -2.09. The standard InChI is InChI=1S/C13H16O2/c1-10-4-2-3-5-12(10)13(14)8-11-6-7-15-9-11/h2-5,11H,6-9H2,1H3. The van der Waals surface area contributed by atoms with Crippen LogP contribution in [-0.2, 0) is 4.74 Å². The van der Waals surface area contributed by atoms with E-state index in [4.69, 9.17) is 4.74 Å². The van der Waals surface area contributed by atoms with Gasteiger partial charge < -0.3 is 4.74 Å². The van der Waals surface area contributed by atoms with Gasteiger partial charge in [0.2, 0.25) is 0 Å². The Morgan fingerprint density at radius 1 is 1.47 bits per heavy atom. The summed E-state index contributed by atoms with van der Waals surface area (Å²) in [6.07, 6.45) is 1.66. The van der Waals surface area contributed by atoms with Crippen molar-refractivity contribution in [3.8, 4) is 0 Å². The van der Waals surface area contributed by atoms with Crippen LogP contribution in [0.25, 0.3) is 0 Å². The molecule has 2 heteroatoms. The van der Waals surface area contributed by atoms with Crippen molar-refractivity contribution >= 4 is 5.78 Å². The van der Waals surface area contributed by atoms with Crippen molar-refractivity contribution in [1.82, 2.24) is 0 Å². The van der Waals surface area contributed by atoms with E-state index in [2.05, 4.69) is 0 Å². The van der Waals surface area contributed by atoms with E-state index in [1.165, 1.54) is 0 Å². The number of aryl methyl sites for hydroxylation is 1. The normalized spacial score (nSPS) is 20.5. The van der Waals surface area contributed by atoms with E-state index in [-0.39, 0.29) is 5.78 Å². The molecule has 1 atom stereocenters. The van der Waals surface area contributed by atoms with Gasteiger partial charge in [-0.3, -0.25) is 4.79 Å². The molecular weight excluding hydrogens is 188 g/mol. The highest BCUT2D eigenvalue weighted by Crippen LogP contribution is 2.20. The number of ether oxygens (including phenoxy) is 1. The number of carbonyl (C=O) groups excluding carboxylic acids is 1.